The van der Waals surface area contributed by atoms with Gasteiger partial charge in [0.15, 0.2) is 0 Å². The van der Waals surface area contributed by atoms with E-state index in [4.69, 9.17) is 0 Å². The molecule has 96 valence electrons. The summed E-state index contributed by atoms with van der Waals surface area (Å²) in [6.07, 6.45) is 1.60. The highest BCUT2D eigenvalue weighted by molar-refractivity contribution is 7.99. The lowest BCUT2D eigenvalue weighted by molar-refractivity contribution is 0.0524. The molecule has 0 heterocycles. The molecule has 0 aromatic heterocycles. The van der Waals surface area contributed by atoms with Crippen LogP contribution in [0.1, 0.15) is 18.9 Å². The number of aliphatic hydroxyl groups excluding tert-OH is 2. The summed E-state index contributed by atoms with van der Waals surface area (Å²) in [4.78, 5) is 0. The van der Waals surface area contributed by atoms with Gasteiger partial charge in [-0.25, -0.2) is 0 Å². The van der Waals surface area contributed by atoms with Gasteiger partial charge in [-0.15, -0.1) is 0 Å². The van der Waals surface area contributed by atoms with Crippen LogP contribution in [0.25, 0.3) is 0 Å². The molecule has 2 N–H and O–H groups in total. The zero-order chi connectivity index (χ0) is 12.6. The molecule has 0 unspecified atom stereocenters. The number of rotatable bonds is 8. The van der Waals surface area contributed by atoms with Crippen LogP contribution in [0.4, 0.5) is 0 Å². The molecule has 0 bridgehead atoms. The van der Waals surface area contributed by atoms with Crippen molar-refractivity contribution in [3.05, 3.63) is 35.9 Å². The Morgan fingerprint density at radius 3 is 2.29 bits per heavy atom. The molecule has 0 aliphatic rings. The van der Waals surface area contributed by atoms with E-state index in [1.165, 1.54) is 5.56 Å². The Labute approximate surface area is 108 Å². The van der Waals surface area contributed by atoms with Gasteiger partial charge >= 0.3 is 0 Å². The van der Waals surface area contributed by atoms with Crippen LogP contribution in [0.3, 0.4) is 0 Å². The minimum absolute atomic E-state index is 0.0443. The van der Waals surface area contributed by atoms with Crippen LogP contribution in [0.2, 0.25) is 0 Å². The molecule has 0 spiro atoms. The van der Waals surface area contributed by atoms with Crippen LogP contribution in [0.5, 0.6) is 0 Å². The normalized spacial score (nSPS) is 11.7. The van der Waals surface area contributed by atoms with E-state index in [-0.39, 0.29) is 18.6 Å². The van der Waals surface area contributed by atoms with Crippen molar-refractivity contribution < 1.29 is 10.2 Å². The Balaban J connectivity index is 2.63. The van der Waals surface area contributed by atoms with E-state index in [1.54, 1.807) is 0 Å². The molecule has 17 heavy (non-hydrogen) atoms. The van der Waals surface area contributed by atoms with Gasteiger partial charge in [0.25, 0.3) is 0 Å². The van der Waals surface area contributed by atoms with Gasteiger partial charge in [-0.05, 0) is 29.9 Å². The molecule has 0 aliphatic heterocycles. The second kappa shape index (κ2) is 7.75. The molecular formula is C14H22O2S. The van der Waals surface area contributed by atoms with Gasteiger partial charge in [0.2, 0.25) is 0 Å². The summed E-state index contributed by atoms with van der Waals surface area (Å²) in [6.45, 7) is 2.22. The molecule has 0 radical (unpaired) electrons. The third-order valence-electron chi connectivity index (χ3n) is 3.07. The molecule has 0 atom stereocenters. The van der Waals surface area contributed by atoms with Crippen molar-refractivity contribution in [2.24, 2.45) is 5.41 Å². The first-order valence-corrected chi connectivity index (χ1v) is 7.25. The molecular weight excluding hydrogens is 232 g/mol. The number of thioether (sulfide) groups is 1. The summed E-state index contributed by atoms with van der Waals surface area (Å²) < 4.78 is 0. The highest BCUT2D eigenvalue weighted by atomic mass is 32.2. The number of hydrogen-bond acceptors (Lipinski definition) is 3. The average molecular weight is 254 g/mol. The molecule has 2 nitrogen and oxygen atoms in total. The maximum atomic E-state index is 9.57. The van der Waals surface area contributed by atoms with Gasteiger partial charge in [0, 0.05) is 5.41 Å². The van der Waals surface area contributed by atoms with E-state index < -0.39 is 0 Å². The molecule has 0 aliphatic carbocycles. The first-order valence-electron chi connectivity index (χ1n) is 6.10. The van der Waals surface area contributed by atoms with Crippen molar-refractivity contribution in [2.75, 3.05) is 24.7 Å². The summed E-state index contributed by atoms with van der Waals surface area (Å²) in [5.41, 5.74) is 0.806. The van der Waals surface area contributed by atoms with Gasteiger partial charge in [-0.2, -0.15) is 11.8 Å². The minimum Gasteiger partial charge on any atom is -0.396 e. The third kappa shape index (κ3) is 4.70. The number of aliphatic hydroxyl groups is 2. The Bertz CT molecular complexity index is 296. The van der Waals surface area contributed by atoms with Gasteiger partial charge in [0.1, 0.15) is 0 Å². The van der Waals surface area contributed by atoms with Gasteiger partial charge in [-0.3, -0.25) is 0 Å². The topological polar surface area (TPSA) is 40.5 Å². The smallest absolute Gasteiger partial charge is 0.0512 e. The van der Waals surface area contributed by atoms with E-state index in [2.05, 4.69) is 6.92 Å². The van der Waals surface area contributed by atoms with E-state index in [1.807, 2.05) is 42.1 Å². The molecule has 3 heteroatoms. The Hall–Kier alpha value is -0.510. The maximum Gasteiger partial charge on any atom is 0.0512 e. The van der Waals surface area contributed by atoms with Gasteiger partial charge in [0.05, 0.1) is 13.2 Å². The monoisotopic (exact) mass is 254 g/mol. The second-order valence-electron chi connectivity index (χ2n) is 4.43. The largest absolute Gasteiger partial charge is 0.396 e. The molecule has 1 rings (SSSR count). The lowest BCUT2D eigenvalue weighted by atomic mass is 9.81. The van der Waals surface area contributed by atoms with E-state index >= 15 is 0 Å². The summed E-state index contributed by atoms with van der Waals surface area (Å²) in [7, 11) is 0. The number of benzene rings is 1. The lowest BCUT2D eigenvalue weighted by Crippen LogP contribution is -2.33. The van der Waals surface area contributed by atoms with Crippen LogP contribution in [-0.2, 0) is 6.42 Å². The van der Waals surface area contributed by atoms with Crippen molar-refractivity contribution in [2.45, 2.75) is 19.8 Å². The van der Waals surface area contributed by atoms with Gasteiger partial charge < -0.3 is 10.2 Å². The Morgan fingerprint density at radius 1 is 1.12 bits per heavy atom. The molecule has 0 saturated carbocycles. The Morgan fingerprint density at radius 2 is 1.76 bits per heavy atom. The fourth-order valence-corrected chi connectivity index (χ4v) is 2.74. The fraction of sp³-hybridized carbons (Fsp3) is 0.571. The maximum absolute atomic E-state index is 9.57. The van der Waals surface area contributed by atoms with Crippen molar-refractivity contribution in [3.8, 4) is 0 Å². The van der Waals surface area contributed by atoms with Crippen LogP contribution >= 0.6 is 11.8 Å². The molecule has 1 aromatic rings. The van der Waals surface area contributed by atoms with Crippen molar-refractivity contribution in [1.82, 2.24) is 0 Å². The second-order valence-corrected chi connectivity index (χ2v) is 5.82. The molecule has 1 aromatic carbocycles. The Kier molecular flexibility index (Phi) is 6.63. The zero-order valence-corrected chi connectivity index (χ0v) is 11.2. The summed E-state index contributed by atoms with van der Waals surface area (Å²) in [5, 5.41) is 19.1. The molecule has 0 saturated heterocycles. The summed E-state index contributed by atoms with van der Waals surface area (Å²) in [6, 6.07) is 10.1. The lowest BCUT2D eigenvalue weighted by Gasteiger charge is -2.29. The molecule has 0 fully saturated rings. The number of hydrogen-bond donors (Lipinski definition) is 2. The third-order valence-corrected chi connectivity index (χ3v) is 3.97. The quantitative estimate of drug-likeness (QED) is 0.700. The summed E-state index contributed by atoms with van der Waals surface area (Å²) >= 11 is 1.85. The zero-order valence-electron chi connectivity index (χ0n) is 10.4. The highest BCUT2D eigenvalue weighted by Crippen LogP contribution is 2.28. The van der Waals surface area contributed by atoms with E-state index in [9.17, 15) is 10.2 Å². The predicted molar refractivity (Wildman–Crippen MR) is 74.4 cm³/mol. The minimum atomic E-state index is -0.372. The SMILES string of the molecule is CCSCCC(CO)(CO)Cc1ccccc1. The van der Waals surface area contributed by atoms with Crippen LogP contribution < -0.4 is 0 Å². The van der Waals surface area contributed by atoms with Crippen molar-refractivity contribution in [3.63, 3.8) is 0 Å². The van der Waals surface area contributed by atoms with Crippen LogP contribution in [0, 0.1) is 5.41 Å². The first kappa shape index (κ1) is 14.6. The van der Waals surface area contributed by atoms with E-state index in [0.29, 0.717) is 0 Å². The average Bonchev–Trinajstić information content (AvgIpc) is 2.39. The van der Waals surface area contributed by atoms with Crippen molar-refractivity contribution in [1.29, 1.82) is 0 Å². The fourth-order valence-electron chi connectivity index (χ4n) is 1.87. The van der Waals surface area contributed by atoms with Crippen LogP contribution in [-0.4, -0.2) is 34.9 Å². The highest BCUT2D eigenvalue weighted by Gasteiger charge is 2.28. The summed E-state index contributed by atoms with van der Waals surface area (Å²) in [5.74, 6) is 2.07. The predicted octanol–water partition coefficient (Wildman–Crippen LogP) is 2.34. The molecule has 0 amide bonds. The van der Waals surface area contributed by atoms with E-state index in [0.717, 1.165) is 24.3 Å². The van der Waals surface area contributed by atoms with Gasteiger partial charge in [-0.1, -0.05) is 37.3 Å². The van der Waals surface area contributed by atoms with Crippen molar-refractivity contribution >= 4 is 11.8 Å². The standard InChI is InChI=1S/C14H22O2S/c1-2-17-9-8-14(11-15,12-16)10-13-6-4-3-5-7-13/h3-7,15-16H,2,8-12H2,1H3. The first-order chi connectivity index (χ1) is 8.26. The van der Waals surface area contributed by atoms with Crippen LogP contribution in [0.15, 0.2) is 30.3 Å².